The number of ether oxygens (including phenoxy) is 1. The third kappa shape index (κ3) is 3.98. The van der Waals surface area contributed by atoms with Crippen molar-refractivity contribution in [1.82, 2.24) is 10.2 Å². The van der Waals surface area contributed by atoms with Crippen LogP contribution in [0, 0.1) is 0 Å². The Bertz CT molecular complexity index is 627. The van der Waals surface area contributed by atoms with E-state index in [2.05, 4.69) is 5.32 Å². The maximum Gasteiger partial charge on any atom is 0.530 e. The summed E-state index contributed by atoms with van der Waals surface area (Å²) in [6, 6.07) is 6.53. The molecular weight excluding hydrogens is 323 g/mol. The number of rotatable bonds is 7. The monoisotopic (exact) mass is 339 g/mol. The molecule has 0 spiro atoms. The van der Waals surface area contributed by atoms with E-state index in [9.17, 15) is 18.9 Å². The molecule has 2 N–H and O–H groups in total. The molecule has 0 saturated heterocycles. The first kappa shape index (κ1) is 17.2. The van der Waals surface area contributed by atoms with Crippen molar-refractivity contribution in [1.29, 1.82) is 0 Å². The molecule has 0 radical (unpaired) electrons. The van der Waals surface area contributed by atoms with Crippen LogP contribution >= 0.6 is 8.03 Å². The van der Waals surface area contributed by atoms with Gasteiger partial charge in [0.2, 0.25) is 5.91 Å². The first-order valence-corrected chi connectivity index (χ1v) is 8.17. The quantitative estimate of drug-likeness (QED) is 0.425. The van der Waals surface area contributed by atoms with Gasteiger partial charge in [0, 0.05) is 6.92 Å². The minimum atomic E-state index is -2.49. The Balaban J connectivity index is 1.78. The van der Waals surface area contributed by atoms with Gasteiger partial charge >= 0.3 is 8.03 Å². The molecule has 3 amide bonds. The van der Waals surface area contributed by atoms with Crippen LogP contribution in [-0.4, -0.2) is 53.1 Å². The van der Waals surface area contributed by atoms with E-state index in [0.717, 1.165) is 4.90 Å². The van der Waals surface area contributed by atoms with E-state index in [1.807, 2.05) is 0 Å². The number of hydrogen-bond donors (Lipinski definition) is 2. The minimum absolute atomic E-state index is 0.00146. The average Bonchev–Trinajstić information content (AvgIpc) is 2.76. The van der Waals surface area contributed by atoms with E-state index in [-0.39, 0.29) is 31.6 Å². The van der Waals surface area contributed by atoms with Crippen LogP contribution in [0.3, 0.4) is 0 Å². The SMILES string of the molecule is CC(NC(=O)COCCN1C(=O)c2ccccc2C1=O)[P+](=O)O. The van der Waals surface area contributed by atoms with Crippen LogP contribution in [0.15, 0.2) is 24.3 Å². The summed E-state index contributed by atoms with van der Waals surface area (Å²) in [5.74, 6) is -2.18. The normalized spacial score (nSPS) is 15.4. The molecule has 2 atom stereocenters. The molecule has 0 aliphatic carbocycles. The van der Waals surface area contributed by atoms with Crippen LogP contribution in [0.5, 0.6) is 0 Å². The van der Waals surface area contributed by atoms with Gasteiger partial charge in [-0.3, -0.25) is 19.3 Å². The Morgan fingerprint density at radius 3 is 2.39 bits per heavy atom. The number of nitrogens with zero attached hydrogens (tertiary/aromatic N) is 1. The highest BCUT2D eigenvalue weighted by Gasteiger charge is 2.34. The number of carbonyl (C=O) groups is 3. The highest BCUT2D eigenvalue weighted by Crippen LogP contribution is 2.22. The summed E-state index contributed by atoms with van der Waals surface area (Å²) in [5, 5.41) is 2.29. The van der Waals surface area contributed by atoms with Gasteiger partial charge in [-0.25, -0.2) is 0 Å². The molecule has 1 aliphatic heterocycles. The Hall–Kier alpha value is -2.15. The molecule has 0 fully saturated rings. The van der Waals surface area contributed by atoms with Gasteiger partial charge in [0.05, 0.1) is 24.3 Å². The number of hydrogen-bond acceptors (Lipinski definition) is 5. The fourth-order valence-electron chi connectivity index (χ4n) is 2.09. The fourth-order valence-corrected chi connectivity index (χ4v) is 2.35. The Kier molecular flexibility index (Phi) is 5.54. The summed E-state index contributed by atoms with van der Waals surface area (Å²) in [6.45, 7) is 1.11. The van der Waals surface area contributed by atoms with Crippen LogP contribution in [0.25, 0.3) is 0 Å². The molecule has 0 bridgehead atoms. The Labute approximate surface area is 133 Å². The molecule has 23 heavy (non-hydrogen) atoms. The van der Waals surface area contributed by atoms with E-state index < -0.39 is 19.7 Å². The summed E-state index contributed by atoms with van der Waals surface area (Å²) >= 11 is 0. The number of imide groups is 1. The summed E-state index contributed by atoms with van der Waals surface area (Å²) in [7, 11) is -2.49. The largest absolute Gasteiger partial charge is 0.530 e. The lowest BCUT2D eigenvalue weighted by Gasteiger charge is -2.13. The predicted octanol–water partition coefficient (Wildman–Crippen LogP) is 0.496. The summed E-state index contributed by atoms with van der Waals surface area (Å²) in [4.78, 5) is 45.4. The van der Waals surface area contributed by atoms with E-state index >= 15 is 0 Å². The zero-order valence-electron chi connectivity index (χ0n) is 12.4. The van der Waals surface area contributed by atoms with Gasteiger partial charge in [-0.05, 0) is 16.7 Å². The fraction of sp³-hybridized carbons (Fsp3) is 0.357. The highest BCUT2D eigenvalue weighted by molar-refractivity contribution is 7.38. The molecule has 1 aromatic rings. The van der Waals surface area contributed by atoms with Crippen LogP contribution in [0.2, 0.25) is 0 Å². The second-order valence-corrected chi connectivity index (χ2v) is 6.29. The van der Waals surface area contributed by atoms with Gasteiger partial charge < -0.3 is 10.1 Å². The first-order valence-electron chi connectivity index (χ1n) is 6.89. The maximum absolute atomic E-state index is 12.1. The van der Waals surface area contributed by atoms with Crippen molar-refractivity contribution < 1.29 is 28.6 Å². The van der Waals surface area contributed by atoms with E-state index in [1.165, 1.54) is 6.92 Å². The van der Waals surface area contributed by atoms with Crippen LogP contribution < -0.4 is 5.32 Å². The average molecular weight is 339 g/mol. The minimum Gasteiger partial charge on any atom is -0.370 e. The lowest BCUT2D eigenvalue weighted by molar-refractivity contribution is -0.125. The van der Waals surface area contributed by atoms with Gasteiger partial charge in [0.25, 0.3) is 17.6 Å². The summed E-state index contributed by atoms with van der Waals surface area (Å²) in [6.07, 6.45) is 0. The van der Waals surface area contributed by atoms with Gasteiger partial charge in [0.1, 0.15) is 6.61 Å². The van der Waals surface area contributed by atoms with Gasteiger partial charge in [-0.2, -0.15) is 4.89 Å². The number of fused-ring (bicyclic) bond motifs is 1. The number of carbonyl (C=O) groups excluding carboxylic acids is 3. The Morgan fingerprint density at radius 1 is 1.30 bits per heavy atom. The predicted molar refractivity (Wildman–Crippen MR) is 80.1 cm³/mol. The van der Waals surface area contributed by atoms with Crippen molar-refractivity contribution >= 4 is 25.7 Å². The van der Waals surface area contributed by atoms with E-state index in [0.29, 0.717) is 11.1 Å². The number of nitrogens with one attached hydrogen (secondary N) is 1. The van der Waals surface area contributed by atoms with Crippen molar-refractivity contribution in [3.8, 4) is 0 Å². The van der Waals surface area contributed by atoms with Crippen LogP contribution in [-0.2, 0) is 14.1 Å². The number of amides is 3. The molecule has 1 aliphatic rings. The van der Waals surface area contributed by atoms with Crippen molar-refractivity contribution in [2.75, 3.05) is 19.8 Å². The third-order valence-corrected chi connectivity index (χ3v) is 4.06. The third-order valence-electron chi connectivity index (χ3n) is 3.27. The van der Waals surface area contributed by atoms with E-state index in [4.69, 9.17) is 9.63 Å². The molecule has 9 heteroatoms. The van der Waals surface area contributed by atoms with Crippen LogP contribution in [0.1, 0.15) is 27.6 Å². The molecule has 2 rings (SSSR count). The summed E-state index contributed by atoms with van der Waals surface area (Å²) < 4.78 is 15.8. The van der Waals surface area contributed by atoms with Crippen LogP contribution in [0.4, 0.5) is 0 Å². The van der Waals surface area contributed by atoms with Gasteiger partial charge in [-0.15, -0.1) is 0 Å². The van der Waals surface area contributed by atoms with E-state index in [1.54, 1.807) is 24.3 Å². The lowest BCUT2D eigenvalue weighted by atomic mass is 10.1. The molecule has 1 heterocycles. The van der Waals surface area contributed by atoms with Gasteiger partial charge in [0.15, 0.2) is 0 Å². The van der Waals surface area contributed by atoms with Crippen molar-refractivity contribution in [3.63, 3.8) is 0 Å². The zero-order valence-corrected chi connectivity index (χ0v) is 13.3. The highest BCUT2D eigenvalue weighted by atomic mass is 31.1. The molecule has 1 aromatic carbocycles. The molecule has 122 valence electrons. The second kappa shape index (κ2) is 7.41. The Morgan fingerprint density at radius 2 is 1.87 bits per heavy atom. The molecule has 8 nitrogen and oxygen atoms in total. The van der Waals surface area contributed by atoms with Gasteiger partial charge in [-0.1, -0.05) is 12.1 Å². The smallest absolute Gasteiger partial charge is 0.370 e. The molecule has 0 saturated carbocycles. The van der Waals surface area contributed by atoms with Crippen molar-refractivity contribution in [2.45, 2.75) is 12.7 Å². The number of benzene rings is 1. The molecular formula is C14H16N2O6P+. The summed E-state index contributed by atoms with van der Waals surface area (Å²) in [5.41, 5.74) is 0.714. The molecule has 0 aromatic heterocycles. The standard InChI is InChI=1S/C14H15N2O6P/c1-9(23(20)21)15-12(17)8-22-7-6-16-13(18)10-4-2-3-5-11(10)14(16)19/h2-5,9H,6-8H2,1H3,(H-,15,17,20,21)/p+1. The maximum atomic E-state index is 12.1. The molecule has 2 unspecified atom stereocenters. The first-order chi connectivity index (χ1) is 10.9. The lowest BCUT2D eigenvalue weighted by Crippen LogP contribution is -2.36. The van der Waals surface area contributed by atoms with Crippen molar-refractivity contribution in [2.24, 2.45) is 0 Å². The van der Waals surface area contributed by atoms with Crippen molar-refractivity contribution in [3.05, 3.63) is 35.4 Å². The topological polar surface area (TPSA) is 113 Å². The zero-order chi connectivity index (χ0) is 17.0. The second-order valence-electron chi connectivity index (χ2n) is 4.91.